The Morgan fingerprint density at radius 1 is 1.28 bits per heavy atom. The molecule has 0 aromatic heterocycles. The van der Waals surface area contributed by atoms with Crippen LogP contribution in [0.3, 0.4) is 0 Å². The van der Waals surface area contributed by atoms with Crippen LogP contribution in [0.25, 0.3) is 0 Å². The van der Waals surface area contributed by atoms with Gasteiger partial charge in [-0.1, -0.05) is 18.2 Å². The zero-order valence-corrected chi connectivity index (χ0v) is 10.8. The molecule has 0 spiro atoms. The van der Waals surface area contributed by atoms with Crippen LogP contribution in [0.1, 0.15) is 24.0 Å². The minimum absolute atomic E-state index is 0.0542. The van der Waals surface area contributed by atoms with Crippen LogP contribution < -0.4 is 0 Å². The van der Waals surface area contributed by atoms with Crippen LogP contribution in [0.2, 0.25) is 0 Å². The first-order chi connectivity index (χ1) is 8.63. The van der Waals surface area contributed by atoms with Crippen molar-refractivity contribution in [3.8, 4) is 6.07 Å². The van der Waals surface area contributed by atoms with Gasteiger partial charge in [-0.3, -0.25) is 0 Å². The normalized spacial score (nSPS) is 17.3. The third-order valence-electron chi connectivity index (χ3n) is 3.17. The third kappa shape index (κ3) is 2.89. The second-order valence-corrected chi connectivity index (χ2v) is 6.67. The minimum Gasteiger partial charge on any atom is -0.381 e. The molecule has 0 aliphatic carbocycles. The van der Waals surface area contributed by atoms with Crippen molar-refractivity contribution in [2.45, 2.75) is 23.8 Å². The molecular weight excluding hydrogens is 250 g/mol. The Morgan fingerprint density at radius 2 is 1.94 bits per heavy atom. The summed E-state index contributed by atoms with van der Waals surface area (Å²) in [5, 5.41) is 8.63. The molecule has 4 nitrogen and oxygen atoms in total. The lowest BCUT2D eigenvalue weighted by Crippen LogP contribution is -2.30. The van der Waals surface area contributed by atoms with E-state index in [-0.39, 0.29) is 11.0 Å². The molecule has 0 N–H and O–H groups in total. The fraction of sp³-hybridized carbons (Fsp3) is 0.462. The zero-order valence-electron chi connectivity index (χ0n) is 10.0. The summed E-state index contributed by atoms with van der Waals surface area (Å²) in [6.45, 7) is 1.01. The molecule has 0 saturated carbocycles. The van der Waals surface area contributed by atoms with Crippen LogP contribution in [0.15, 0.2) is 24.3 Å². The number of hydrogen-bond donors (Lipinski definition) is 0. The summed E-state index contributed by atoms with van der Waals surface area (Å²) in [5.41, 5.74) is 1.03. The van der Waals surface area contributed by atoms with E-state index in [1.807, 2.05) is 6.07 Å². The molecule has 1 aromatic rings. The molecule has 5 heteroatoms. The number of ether oxygens (including phenoxy) is 1. The molecule has 1 heterocycles. The molecule has 0 unspecified atom stereocenters. The average Bonchev–Trinajstić information content (AvgIpc) is 2.40. The standard InChI is InChI=1S/C13H15NO3S/c14-9-11-3-1-2-4-12(11)10-18(15,16)13-5-7-17-8-6-13/h1-4,13H,5-8,10H2. The molecule has 1 aromatic carbocycles. The molecule has 0 atom stereocenters. The van der Waals surface area contributed by atoms with Crippen LogP contribution in [0.5, 0.6) is 0 Å². The summed E-state index contributed by atoms with van der Waals surface area (Å²) in [7, 11) is -3.20. The lowest BCUT2D eigenvalue weighted by atomic mass is 10.1. The Labute approximate surface area is 107 Å². The van der Waals surface area contributed by atoms with Gasteiger partial charge in [0.2, 0.25) is 0 Å². The smallest absolute Gasteiger partial charge is 0.157 e. The van der Waals surface area contributed by atoms with Gasteiger partial charge in [0.1, 0.15) is 0 Å². The van der Waals surface area contributed by atoms with Gasteiger partial charge in [0, 0.05) is 13.2 Å². The maximum atomic E-state index is 12.3. The molecule has 0 bridgehead atoms. The molecule has 96 valence electrons. The lowest BCUT2D eigenvalue weighted by Gasteiger charge is -2.22. The summed E-state index contributed by atoms with van der Waals surface area (Å²) in [6, 6.07) is 8.88. The first-order valence-electron chi connectivity index (χ1n) is 5.91. The number of sulfone groups is 1. The molecule has 18 heavy (non-hydrogen) atoms. The van der Waals surface area contributed by atoms with Crippen molar-refractivity contribution < 1.29 is 13.2 Å². The molecule has 1 saturated heterocycles. The first-order valence-corrected chi connectivity index (χ1v) is 7.62. The fourth-order valence-electron chi connectivity index (χ4n) is 2.12. The lowest BCUT2D eigenvalue weighted by molar-refractivity contribution is 0.0983. The van der Waals surface area contributed by atoms with Crippen molar-refractivity contribution in [1.82, 2.24) is 0 Å². The van der Waals surface area contributed by atoms with E-state index in [1.54, 1.807) is 24.3 Å². The van der Waals surface area contributed by atoms with Crippen molar-refractivity contribution in [2.75, 3.05) is 13.2 Å². The molecule has 1 aliphatic rings. The second-order valence-electron chi connectivity index (χ2n) is 4.39. The Balaban J connectivity index is 2.19. The quantitative estimate of drug-likeness (QED) is 0.833. The molecule has 1 aliphatic heterocycles. The van der Waals surface area contributed by atoms with Crippen molar-refractivity contribution >= 4 is 9.84 Å². The number of nitriles is 1. The monoisotopic (exact) mass is 265 g/mol. The van der Waals surface area contributed by atoms with E-state index in [4.69, 9.17) is 10.00 Å². The van der Waals surface area contributed by atoms with E-state index in [0.29, 0.717) is 37.2 Å². The van der Waals surface area contributed by atoms with Gasteiger partial charge < -0.3 is 4.74 Å². The highest BCUT2D eigenvalue weighted by molar-refractivity contribution is 7.91. The highest BCUT2D eigenvalue weighted by Gasteiger charge is 2.28. The number of benzene rings is 1. The number of hydrogen-bond acceptors (Lipinski definition) is 4. The molecule has 1 fully saturated rings. The Bertz CT molecular complexity index is 554. The Hall–Kier alpha value is -1.38. The van der Waals surface area contributed by atoms with Crippen LogP contribution in [0, 0.1) is 11.3 Å². The van der Waals surface area contributed by atoms with E-state index in [0.717, 1.165) is 0 Å². The van der Waals surface area contributed by atoms with Crippen molar-refractivity contribution in [1.29, 1.82) is 5.26 Å². The van der Waals surface area contributed by atoms with Crippen molar-refractivity contribution in [3.05, 3.63) is 35.4 Å². The van der Waals surface area contributed by atoms with E-state index in [9.17, 15) is 8.42 Å². The van der Waals surface area contributed by atoms with Gasteiger partial charge >= 0.3 is 0 Å². The van der Waals surface area contributed by atoms with Gasteiger partial charge in [0.05, 0.1) is 22.6 Å². The average molecular weight is 265 g/mol. The maximum absolute atomic E-state index is 12.3. The minimum atomic E-state index is -3.20. The van der Waals surface area contributed by atoms with Gasteiger partial charge in [-0.15, -0.1) is 0 Å². The zero-order chi connectivity index (χ0) is 13.0. The second kappa shape index (κ2) is 5.51. The highest BCUT2D eigenvalue weighted by Crippen LogP contribution is 2.21. The molecule has 2 rings (SSSR count). The fourth-order valence-corrected chi connectivity index (χ4v) is 3.96. The topological polar surface area (TPSA) is 67.2 Å². The van der Waals surface area contributed by atoms with Crippen LogP contribution in [-0.4, -0.2) is 26.9 Å². The summed E-state index contributed by atoms with van der Waals surface area (Å²) in [6.07, 6.45) is 1.11. The predicted octanol–water partition coefficient (Wildman–Crippen LogP) is 1.65. The summed E-state index contributed by atoms with van der Waals surface area (Å²) in [4.78, 5) is 0. The van der Waals surface area contributed by atoms with Crippen molar-refractivity contribution in [3.63, 3.8) is 0 Å². The summed E-state index contributed by atoms with van der Waals surface area (Å²) < 4.78 is 29.7. The van der Waals surface area contributed by atoms with Gasteiger partial charge in [-0.2, -0.15) is 5.26 Å². The van der Waals surface area contributed by atoms with Crippen molar-refractivity contribution in [2.24, 2.45) is 0 Å². The summed E-state index contributed by atoms with van der Waals surface area (Å²) in [5.74, 6) is -0.0542. The van der Waals surface area contributed by atoms with Crippen LogP contribution in [0.4, 0.5) is 0 Å². The maximum Gasteiger partial charge on any atom is 0.157 e. The summed E-state index contributed by atoms with van der Waals surface area (Å²) >= 11 is 0. The van der Waals surface area contributed by atoms with Gasteiger partial charge in [0.25, 0.3) is 0 Å². The van der Waals surface area contributed by atoms with E-state index < -0.39 is 9.84 Å². The molecular formula is C13H15NO3S. The number of nitrogens with zero attached hydrogens (tertiary/aromatic N) is 1. The number of rotatable bonds is 3. The van der Waals surface area contributed by atoms with E-state index in [2.05, 4.69) is 0 Å². The third-order valence-corrected chi connectivity index (χ3v) is 5.37. The van der Waals surface area contributed by atoms with Crippen LogP contribution >= 0.6 is 0 Å². The Kier molecular flexibility index (Phi) is 4.00. The van der Waals surface area contributed by atoms with Gasteiger partial charge in [-0.25, -0.2) is 8.42 Å². The van der Waals surface area contributed by atoms with Crippen LogP contribution in [-0.2, 0) is 20.3 Å². The first kappa shape index (κ1) is 13.1. The molecule has 0 radical (unpaired) electrons. The largest absolute Gasteiger partial charge is 0.381 e. The molecule has 0 amide bonds. The van der Waals surface area contributed by atoms with Gasteiger partial charge in [0.15, 0.2) is 9.84 Å². The van der Waals surface area contributed by atoms with Gasteiger partial charge in [-0.05, 0) is 24.5 Å². The van der Waals surface area contributed by atoms with E-state index >= 15 is 0 Å². The van der Waals surface area contributed by atoms with E-state index in [1.165, 1.54) is 0 Å². The predicted molar refractivity (Wildman–Crippen MR) is 67.6 cm³/mol. The highest BCUT2D eigenvalue weighted by atomic mass is 32.2. The SMILES string of the molecule is N#Cc1ccccc1CS(=O)(=O)C1CCOCC1. The Morgan fingerprint density at radius 3 is 2.61 bits per heavy atom.